The van der Waals surface area contributed by atoms with Gasteiger partial charge in [0, 0.05) is 17.7 Å². The van der Waals surface area contributed by atoms with Crippen LogP contribution in [-0.2, 0) is 28.7 Å². The molecule has 1 aliphatic heterocycles. The summed E-state index contributed by atoms with van der Waals surface area (Å²) in [6.07, 6.45) is 3.97. The largest absolute Gasteiger partial charge is 0.352 e. The van der Waals surface area contributed by atoms with Crippen molar-refractivity contribution in [3.05, 3.63) is 82.7 Å². The normalized spacial score (nSPS) is 18.7. The Morgan fingerprint density at radius 1 is 0.935 bits per heavy atom. The van der Waals surface area contributed by atoms with Crippen molar-refractivity contribution in [3.63, 3.8) is 0 Å². The monoisotopic (exact) mass is 417 g/mol. The van der Waals surface area contributed by atoms with Gasteiger partial charge >= 0.3 is 0 Å². The van der Waals surface area contributed by atoms with Crippen molar-refractivity contribution < 1.29 is 13.9 Å². The van der Waals surface area contributed by atoms with Crippen LogP contribution in [0.15, 0.2) is 54.6 Å². The molecule has 160 valence electrons. The van der Waals surface area contributed by atoms with Crippen LogP contribution in [0.4, 0.5) is 4.39 Å². The second kappa shape index (κ2) is 10.0. The fraction of sp³-hybridized carbons (Fsp3) is 0.370. The predicted octanol–water partition coefficient (Wildman–Crippen LogP) is 5.97. The Labute approximate surface area is 183 Å². The van der Waals surface area contributed by atoms with E-state index in [1.54, 1.807) is 12.1 Å². The Morgan fingerprint density at radius 3 is 2.39 bits per heavy atom. The Bertz CT molecular complexity index is 1060. The molecule has 0 bridgehead atoms. The number of nitrogens with zero attached hydrogens (tertiary/aromatic N) is 1. The van der Waals surface area contributed by atoms with Gasteiger partial charge in [-0.3, -0.25) is 0 Å². The van der Waals surface area contributed by atoms with E-state index in [2.05, 4.69) is 19.1 Å². The highest BCUT2D eigenvalue weighted by Gasteiger charge is 2.20. The number of hydrogen-bond donors (Lipinski definition) is 0. The number of ether oxygens (including phenoxy) is 2. The van der Waals surface area contributed by atoms with Gasteiger partial charge in [-0.2, -0.15) is 5.26 Å². The molecule has 0 amide bonds. The molecule has 4 rings (SSSR count). The van der Waals surface area contributed by atoms with Crippen molar-refractivity contribution in [1.82, 2.24) is 0 Å². The molecule has 31 heavy (non-hydrogen) atoms. The molecule has 1 aliphatic rings. The summed E-state index contributed by atoms with van der Waals surface area (Å²) in [5, 5.41) is 10.5. The summed E-state index contributed by atoms with van der Waals surface area (Å²) in [6, 6.07) is 19.5. The van der Waals surface area contributed by atoms with Crippen molar-refractivity contribution in [3.8, 4) is 6.07 Å². The highest BCUT2D eigenvalue weighted by Crippen LogP contribution is 2.25. The van der Waals surface area contributed by atoms with Gasteiger partial charge < -0.3 is 9.47 Å². The van der Waals surface area contributed by atoms with Gasteiger partial charge in [-0.1, -0.05) is 49.4 Å². The molecule has 4 heteroatoms. The van der Waals surface area contributed by atoms with Gasteiger partial charge in [-0.05, 0) is 59.9 Å². The van der Waals surface area contributed by atoms with Crippen LogP contribution in [0, 0.1) is 23.1 Å². The molecule has 0 N–H and O–H groups in total. The third kappa shape index (κ3) is 5.31. The van der Waals surface area contributed by atoms with E-state index in [1.165, 1.54) is 5.56 Å². The Balaban J connectivity index is 1.38. The van der Waals surface area contributed by atoms with Crippen LogP contribution in [-0.4, -0.2) is 19.5 Å². The molecule has 0 aromatic heterocycles. The van der Waals surface area contributed by atoms with Crippen LogP contribution >= 0.6 is 0 Å². The second-order valence-electron chi connectivity index (χ2n) is 8.31. The minimum Gasteiger partial charge on any atom is -0.352 e. The molecule has 3 nitrogen and oxygen atoms in total. The summed E-state index contributed by atoms with van der Waals surface area (Å²) in [5.74, 6) is 0.369. The molecular formula is C27H28FNO2. The summed E-state index contributed by atoms with van der Waals surface area (Å²) in [5.41, 5.74) is 3.63. The summed E-state index contributed by atoms with van der Waals surface area (Å²) in [6.45, 7) is 3.70. The van der Waals surface area contributed by atoms with Crippen LogP contribution in [0.3, 0.4) is 0 Å². The Morgan fingerprint density at radius 2 is 1.68 bits per heavy atom. The van der Waals surface area contributed by atoms with Crippen LogP contribution in [0.1, 0.15) is 42.0 Å². The Kier molecular flexibility index (Phi) is 6.96. The van der Waals surface area contributed by atoms with Crippen LogP contribution < -0.4 is 0 Å². The van der Waals surface area contributed by atoms with E-state index in [0.717, 1.165) is 55.4 Å². The number of rotatable bonds is 7. The van der Waals surface area contributed by atoms with Crippen molar-refractivity contribution in [2.24, 2.45) is 5.92 Å². The number of benzene rings is 3. The third-order valence-corrected chi connectivity index (χ3v) is 6.15. The lowest BCUT2D eigenvalue weighted by Crippen LogP contribution is -2.32. The lowest BCUT2D eigenvalue weighted by atomic mass is 9.98. The average molecular weight is 418 g/mol. The average Bonchev–Trinajstić information content (AvgIpc) is 2.83. The fourth-order valence-corrected chi connectivity index (χ4v) is 4.03. The third-order valence-electron chi connectivity index (χ3n) is 6.15. The maximum Gasteiger partial charge on any atom is 0.157 e. The molecule has 0 unspecified atom stereocenters. The minimum absolute atomic E-state index is 0.137. The number of halogens is 1. The van der Waals surface area contributed by atoms with Gasteiger partial charge in [0.25, 0.3) is 0 Å². The molecule has 0 atom stereocenters. The molecule has 1 saturated heterocycles. The quantitative estimate of drug-likeness (QED) is 0.476. The van der Waals surface area contributed by atoms with Gasteiger partial charge in [0.2, 0.25) is 0 Å². The summed E-state index contributed by atoms with van der Waals surface area (Å²) in [4.78, 5) is 0. The number of nitriles is 1. The van der Waals surface area contributed by atoms with Gasteiger partial charge in [-0.15, -0.1) is 0 Å². The van der Waals surface area contributed by atoms with E-state index in [4.69, 9.17) is 14.7 Å². The van der Waals surface area contributed by atoms with Crippen LogP contribution in [0.5, 0.6) is 0 Å². The maximum absolute atomic E-state index is 15.1. The van der Waals surface area contributed by atoms with E-state index in [0.29, 0.717) is 23.3 Å². The molecule has 1 fully saturated rings. The standard InChI is InChI=1S/C27H28FNO2/c1-2-19-17-30-26(31-18-19)14-9-21-8-13-25-24(15-21)12-11-23(27(25)28)10-7-20-3-5-22(16-29)6-4-20/h3-6,8,11-13,15,19,26H,2,7,9-10,14,17-18H2,1H3. The SMILES string of the molecule is CCC1COC(CCc2ccc3c(F)c(CCc4ccc(C#N)cc4)ccc3c2)OC1. The first kappa shape index (κ1) is 21.5. The minimum atomic E-state index is -0.139. The van der Waals surface area contributed by atoms with Crippen LogP contribution in [0.2, 0.25) is 0 Å². The van der Waals surface area contributed by atoms with E-state index in [-0.39, 0.29) is 12.1 Å². The predicted molar refractivity (Wildman–Crippen MR) is 120 cm³/mol. The number of aryl methyl sites for hydroxylation is 3. The van der Waals surface area contributed by atoms with Gasteiger partial charge in [0.15, 0.2) is 6.29 Å². The highest BCUT2D eigenvalue weighted by atomic mass is 19.1. The van der Waals surface area contributed by atoms with Crippen molar-refractivity contribution in [2.75, 3.05) is 13.2 Å². The summed E-state index contributed by atoms with van der Waals surface area (Å²) in [7, 11) is 0. The molecular weight excluding hydrogens is 389 g/mol. The smallest absolute Gasteiger partial charge is 0.157 e. The maximum atomic E-state index is 15.1. The van der Waals surface area contributed by atoms with E-state index in [1.807, 2.05) is 36.4 Å². The lowest BCUT2D eigenvalue weighted by molar-refractivity contribution is -0.202. The highest BCUT2D eigenvalue weighted by molar-refractivity contribution is 5.84. The number of hydrogen-bond acceptors (Lipinski definition) is 3. The molecule has 1 heterocycles. The van der Waals surface area contributed by atoms with Gasteiger partial charge in [0.05, 0.1) is 24.8 Å². The number of fused-ring (bicyclic) bond motifs is 1. The first-order valence-electron chi connectivity index (χ1n) is 11.1. The first-order valence-corrected chi connectivity index (χ1v) is 11.1. The van der Waals surface area contributed by atoms with Crippen LogP contribution in [0.25, 0.3) is 10.8 Å². The zero-order valence-electron chi connectivity index (χ0n) is 17.9. The molecule has 0 spiro atoms. The lowest BCUT2D eigenvalue weighted by Gasteiger charge is -2.28. The van der Waals surface area contributed by atoms with Gasteiger partial charge in [0.1, 0.15) is 5.82 Å². The van der Waals surface area contributed by atoms with E-state index < -0.39 is 0 Å². The molecule has 3 aromatic carbocycles. The zero-order chi connectivity index (χ0) is 21.6. The summed E-state index contributed by atoms with van der Waals surface area (Å²) >= 11 is 0. The van der Waals surface area contributed by atoms with Crippen molar-refractivity contribution in [1.29, 1.82) is 5.26 Å². The molecule has 0 aliphatic carbocycles. The van der Waals surface area contributed by atoms with Gasteiger partial charge in [-0.25, -0.2) is 4.39 Å². The zero-order valence-corrected chi connectivity index (χ0v) is 17.9. The summed E-state index contributed by atoms with van der Waals surface area (Å²) < 4.78 is 26.7. The van der Waals surface area contributed by atoms with E-state index in [9.17, 15) is 0 Å². The second-order valence-corrected chi connectivity index (χ2v) is 8.31. The topological polar surface area (TPSA) is 42.2 Å². The molecule has 0 radical (unpaired) electrons. The fourth-order valence-electron chi connectivity index (χ4n) is 4.03. The van der Waals surface area contributed by atoms with Crippen molar-refractivity contribution in [2.45, 2.75) is 45.3 Å². The molecule has 3 aromatic rings. The Hall–Kier alpha value is -2.74. The molecule has 0 saturated carbocycles. The van der Waals surface area contributed by atoms with Crippen molar-refractivity contribution >= 4 is 10.8 Å². The first-order chi connectivity index (χ1) is 15.2. The van der Waals surface area contributed by atoms with E-state index >= 15 is 4.39 Å².